The number of aliphatic hydroxyl groups is 1. The molecule has 0 aliphatic carbocycles. The van der Waals surface area contributed by atoms with Gasteiger partial charge in [0.25, 0.3) is 0 Å². The summed E-state index contributed by atoms with van der Waals surface area (Å²) in [5.74, 6) is 0. The van der Waals surface area contributed by atoms with Gasteiger partial charge in [0.1, 0.15) is 0 Å². The second-order valence-corrected chi connectivity index (χ2v) is 3.37. The quantitative estimate of drug-likeness (QED) is 0.761. The fourth-order valence-corrected chi connectivity index (χ4v) is 1.42. The molecule has 1 unspecified atom stereocenters. The highest BCUT2D eigenvalue weighted by Gasteiger charge is 2.26. The molecule has 13 heavy (non-hydrogen) atoms. The van der Waals surface area contributed by atoms with Gasteiger partial charge in [-0.3, -0.25) is 0 Å². The van der Waals surface area contributed by atoms with E-state index >= 15 is 0 Å². The highest BCUT2D eigenvalue weighted by molar-refractivity contribution is 5.32. The van der Waals surface area contributed by atoms with Crippen LogP contribution in [0.25, 0.3) is 0 Å². The van der Waals surface area contributed by atoms with Gasteiger partial charge in [-0.1, -0.05) is 31.2 Å². The van der Waals surface area contributed by atoms with Crippen LogP contribution >= 0.6 is 0 Å². The van der Waals surface area contributed by atoms with Crippen molar-refractivity contribution in [1.29, 1.82) is 0 Å². The summed E-state index contributed by atoms with van der Waals surface area (Å²) in [5, 5.41) is 8.89. The number of rotatable bonds is 3. The van der Waals surface area contributed by atoms with Crippen molar-refractivity contribution in [3.8, 4) is 0 Å². The number of hydrogen-bond acceptors (Lipinski definition) is 1. The van der Waals surface area contributed by atoms with Crippen LogP contribution < -0.4 is 0 Å². The molecule has 0 aliphatic heterocycles. The molecule has 0 aromatic heterocycles. The summed E-state index contributed by atoms with van der Waals surface area (Å²) in [6.07, 6.45) is 0.787. The molecule has 1 atom stereocenters. The molecule has 0 radical (unpaired) electrons. The van der Waals surface area contributed by atoms with Crippen LogP contribution in [-0.4, -0.2) is 11.7 Å². The third kappa shape index (κ3) is 2.07. The lowest BCUT2D eigenvalue weighted by atomic mass is 9.92. The van der Waals surface area contributed by atoms with E-state index in [-0.39, 0.29) is 0 Å². The number of aliphatic hydroxyl groups excluding tert-OH is 1. The summed E-state index contributed by atoms with van der Waals surface area (Å²) in [7, 11) is 0. The van der Waals surface area contributed by atoms with Crippen LogP contribution in [0.3, 0.4) is 0 Å². The summed E-state index contributed by atoms with van der Waals surface area (Å²) >= 11 is 0. The highest BCUT2D eigenvalue weighted by atomic mass is 19.1. The molecule has 0 saturated carbocycles. The van der Waals surface area contributed by atoms with Crippen molar-refractivity contribution in [1.82, 2.24) is 0 Å². The SMILES string of the molecule is CCc1ccccc1C(C)(F)CO. The fourth-order valence-electron chi connectivity index (χ4n) is 1.42. The van der Waals surface area contributed by atoms with Crippen molar-refractivity contribution in [2.24, 2.45) is 0 Å². The minimum atomic E-state index is -1.62. The maximum Gasteiger partial charge on any atom is 0.156 e. The molecular formula is C11H15FO. The molecule has 0 heterocycles. The van der Waals surface area contributed by atoms with Gasteiger partial charge in [-0.05, 0) is 24.5 Å². The van der Waals surface area contributed by atoms with Gasteiger partial charge in [-0.2, -0.15) is 0 Å². The summed E-state index contributed by atoms with van der Waals surface area (Å²) in [6.45, 7) is 2.91. The number of hydrogen-bond donors (Lipinski definition) is 1. The monoisotopic (exact) mass is 182 g/mol. The molecular weight excluding hydrogens is 167 g/mol. The number of halogens is 1. The van der Waals surface area contributed by atoms with Crippen molar-refractivity contribution in [3.05, 3.63) is 35.4 Å². The van der Waals surface area contributed by atoms with E-state index in [0.29, 0.717) is 5.56 Å². The zero-order valence-corrected chi connectivity index (χ0v) is 8.05. The van der Waals surface area contributed by atoms with E-state index in [4.69, 9.17) is 5.11 Å². The lowest BCUT2D eigenvalue weighted by Crippen LogP contribution is -2.21. The van der Waals surface area contributed by atoms with Crippen LogP contribution in [0.4, 0.5) is 4.39 Å². The standard InChI is InChI=1S/C11H15FO/c1-3-9-6-4-5-7-10(9)11(2,12)8-13/h4-7,13H,3,8H2,1-2H3. The van der Waals surface area contributed by atoms with Crippen molar-refractivity contribution in [3.63, 3.8) is 0 Å². The number of benzene rings is 1. The third-order valence-corrected chi connectivity index (χ3v) is 2.26. The summed E-state index contributed by atoms with van der Waals surface area (Å²) in [4.78, 5) is 0. The first-order valence-corrected chi connectivity index (χ1v) is 4.50. The van der Waals surface area contributed by atoms with E-state index in [1.165, 1.54) is 6.92 Å². The number of aryl methyl sites for hydroxylation is 1. The molecule has 2 heteroatoms. The lowest BCUT2D eigenvalue weighted by Gasteiger charge is -2.20. The zero-order chi connectivity index (χ0) is 9.90. The van der Waals surface area contributed by atoms with Crippen molar-refractivity contribution < 1.29 is 9.50 Å². The normalized spacial score (nSPS) is 15.4. The topological polar surface area (TPSA) is 20.2 Å². The zero-order valence-electron chi connectivity index (χ0n) is 8.05. The lowest BCUT2D eigenvalue weighted by molar-refractivity contribution is 0.0860. The van der Waals surface area contributed by atoms with Gasteiger partial charge in [0.05, 0.1) is 6.61 Å². The van der Waals surface area contributed by atoms with E-state index in [1.807, 2.05) is 19.1 Å². The van der Waals surface area contributed by atoms with Crippen molar-refractivity contribution in [2.75, 3.05) is 6.61 Å². The molecule has 1 aromatic rings. The van der Waals surface area contributed by atoms with Gasteiger partial charge in [-0.25, -0.2) is 4.39 Å². The second-order valence-electron chi connectivity index (χ2n) is 3.37. The molecule has 0 amide bonds. The summed E-state index contributed by atoms with van der Waals surface area (Å²) in [6, 6.07) is 7.30. The van der Waals surface area contributed by atoms with Crippen LogP contribution in [0.1, 0.15) is 25.0 Å². The second kappa shape index (κ2) is 3.88. The average molecular weight is 182 g/mol. The van der Waals surface area contributed by atoms with Crippen molar-refractivity contribution in [2.45, 2.75) is 25.9 Å². The molecule has 1 N–H and O–H groups in total. The smallest absolute Gasteiger partial charge is 0.156 e. The molecule has 1 aromatic carbocycles. The summed E-state index contributed by atoms with van der Waals surface area (Å²) in [5.41, 5.74) is -0.0615. The van der Waals surface area contributed by atoms with Crippen LogP contribution in [0.2, 0.25) is 0 Å². The van der Waals surface area contributed by atoms with E-state index in [2.05, 4.69) is 0 Å². The first-order valence-electron chi connectivity index (χ1n) is 4.50. The van der Waals surface area contributed by atoms with Gasteiger partial charge in [0, 0.05) is 0 Å². The van der Waals surface area contributed by atoms with Crippen LogP contribution in [0.5, 0.6) is 0 Å². The third-order valence-electron chi connectivity index (χ3n) is 2.26. The van der Waals surface area contributed by atoms with Crippen LogP contribution in [-0.2, 0) is 12.1 Å². The van der Waals surface area contributed by atoms with Gasteiger partial charge >= 0.3 is 0 Å². The molecule has 0 spiro atoms. The predicted octanol–water partition coefficient (Wildman–Crippen LogP) is 2.43. The Kier molecular flexibility index (Phi) is 3.04. The Labute approximate surface area is 78.2 Å². The maximum atomic E-state index is 13.7. The van der Waals surface area contributed by atoms with E-state index in [9.17, 15) is 4.39 Å². The first kappa shape index (κ1) is 10.2. The Bertz CT molecular complexity index is 281. The van der Waals surface area contributed by atoms with Gasteiger partial charge in [-0.15, -0.1) is 0 Å². The largest absolute Gasteiger partial charge is 0.393 e. The van der Waals surface area contributed by atoms with Crippen LogP contribution in [0.15, 0.2) is 24.3 Å². The molecule has 0 fully saturated rings. The molecule has 0 saturated heterocycles. The average Bonchev–Trinajstić information content (AvgIpc) is 2.18. The Morgan fingerprint density at radius 3 is 2.54 bits per heavy atom. The van der Waals surface area contributed by atoms with E-state index in [0.717, 1.165) is 12.0 Å². The molecule has 72 valence electrons. The number of alkyl halides is 1. The Hall–Kier alpha value is -0.890. The van der Waals surface area contributed by atoms with Crippen LogP contribution in [0, 0.1) is 0 Å². The summed E-state index contributed by atoms with van der Waals surface area (Å²) < 4.78 is 13.7. The first-order chi connectivity index (χ1) is 6.11. The maximum absolute atomic E-state index is 13.7. The Balaban J connectivity index is 3.12. The molecule has 0 aliphatic rings. The Morgan fingerprint density at radius 1 is 1.38 bits per heavy atom. The van der Waals surface area contributed by atoms with Gasteiger partial charge < -0.3 is 5.11 Å². The molecule has 1 nitrogen and oxygen atoms in total. The minimum absolute atomic E-state index is 0.468. The minimum Gasteiger partial charge on any atom is -0.393 e. The van der Waals surface area contributed by atoms with Gasteiger partial charge in [0.15, 0.2) is 5.67 Å². The van der Waals surface area contributed by atoms with Crippen molar-refractivity contribution >= 4 is 0 Å². The molecule has 1 rings (SSSR count). The predicted molar refractivity (Wildman–Crippen MR) is 51.4 cm³/mol. The molecule has 0 bridgehead atoms. The van der Waals surface area contributed by atoms with E-state index in [1.54, 1.807) is 12.1 Å². The highest BCUT2D eigenvalue weighted by Crippen LogP contribution is 2.27. The Morgan fingerprint density at radius 2 is 2.00 bits per heavy atom. The van der Waals surface area contributed by atoms with Gasteiger partial charge in [0.2, 0.25) is 0 Å². The fraction of sp³-hybridized carbons (Fsp3) is 0.455. The van der Waals surface area contributed by atoms with E-state index < -0.39 is 12.3 Å².